The number of fused-ring (bicyclic) bond motifs is 1. The maximum Gasteiger partial charge on any atom is 0.246 e. The first-order chi connectivity index (χ1) is 19.3. The average molecular weight is 559 g/mol. The van der Waals surface area contributed by atoms with Gasteiger partial charge in [0.25, 0.3) is 0 Å². The van der Waals surface area contributed by atoms with E-state index in [0.717, 1.165) is 66.5 Å². The molecule has 6 rings (SSSR count). The number of nitrogens with one attached hydrogen (secondary N) is 3. The summed E-state index contributed by atoms with van der Waals surface area (Å²) in [5.74, 6) is 1.87. The van der Waals surface area contributed by atoms with E-state index in [2.05, 4.69) is 30.3 Å². The van der Waals surface area contributed by atoms with Crippen molar-refractivity contribution in [2.75, 3.05) is 28.9 Å². The third kappa shape index (κ3) is 5.88. The molecular weight excluding hydrogens is 524 g/mol. The van der Waals surface area contributed by atoms with E-state index in [1.54, 1.807) is 18.6 Å². The standard InChI is InChI=1S/C30H34N6O3S/c1-20-16-25(36-40(37,38)19-30(2)10-11-30)23-7-3-4-8-24(23)28(20)39-29-27(33-14-15-34-29)21-9-13-32-26(17-21)35-22-6-5-12-31-18-22/h3-4,7-9,13-17,22,31,36H,5-6,10-12,18-19H2,1-2H3,(H,32,35). The second-order valence-corrected chi connectivity index (χ2v) is 12.9. The Morgan fingerprint density at radius 3 is 2.62 bits per heavy atom. The number of ether oxygens (including phenoxy) is 1. The van der Waals surface area contributed by atoms with Crippen molar-refractivity contribution < 1.29 is 13.2 Å². The summed E-state index contributed by atoms with van der Waals surface area (Å²) < 4.78 is 35.2. The summed E-state index contributed by atoms with van der Waals surface area (Å²) in [5, 5.41) is 8.48. The lowest BCUT2D eigenvalue weighted by Gasteiger charge is -2.24. The van der Waals surface area contributed by atoms with Crippen LogP contribution in [0.2, 0.25) is 0 Å². The van der Waals surface area contributed by atoms with Gasteiger partial charge < -0.3 is 15.4 Å². The van der Waals surface area contributed by atoms with Crippen LogP contribution in [0.1, 0.15) is 38.2 Å². The number of anilines is 2. The van der Waals surface area contributed by atoms with E-state index in [-0.39, 0.29) is 11.2 Å². The van der Waals surface area contributed by atoms with Gasteiger partial charge >= 0.3 is 0 Å². The summed E-state index contributed by atoms with van der Waals surface area (Å²) >= 11 is 0. The van der Waals surface area contributed by atoms with Crippen molar-refractivity contribution in [3.8, 4) is 22.9 Å². The number of piperidine rings is 1. The molecule has 2 aromatic carbocycles. The topological polar surface area (TPSA) is 118 Å². The molecule has 3 N–H and O–H groups in total. The Morgan fingerprint density at radius 1 is 1.05 bits per heavy atom. The van der Waals surface area contributed by atoms with E-state index in [4.69, 9.17) is 4.74 Å². The zero-order valence-electron chi connectivity index (χ0n) is 22.8. The molecule has 1 atom stereocenters. The molecule has 208 valence electrons. The highest BCUT2D eigenvalue weighted by Crippen LogP contribution is 2.46. The van der Waals surface area contributed by atoms with Crippen molar-refractivity contribution in [1.82, 2.24) is 20.3 Å². The lowest BCUT2D eigenvalue weighted by atomic mass is 10.0. The van der Waals surface area contributed by atoms with Crippen molar-refractivity contribution >= 4 is 32.3 Å². The van der Waals surface area contributed by atoms with Crippen molar-refractivity contribution in [2.24, 2.45) is 5.41 Å². The molecule has 1 unspecified atom stereocenters. The first-order valence-electron chi connectivity index (χ1n) is 13.7. The summed E-state index contributed by atoms with van der Waals surface area (Å²) in [6.45, 7) is 5.88. The van der Waals surface area contributed by atoms with Crippen LogP contribution < -0.4 is 20.1 Å². The largest absolute Gasteiger partial charge is 0.436 e. The molecule has 2 aromatic heterocycles. The molecule has 2 fully saturated rings. The van der Waals surface area contributed by atoms with Crippen molar-refractivity contribution in [3.05, 3.63) is 66.6 Å². The lowest BCUT2D eigenvalue weighted by Crippen LogP contribution is -2.38. The zero-order valence-corrected chi connectivity index (χ0v) is 23.6. The molecule has 2 aliphatic rings. The van der Waals surface area contributed by atoms with Crippen LogP contribution in [0.4, 0.5) is 11.5 Å². The first kappa shape index (κ1) is 26.5. The van der Waals surface area contributed by atoms with Crippen molar-refractivity contribution in [2.45, 2.75) is 45.6 Å². The number of hydrogen-bond donors (Lipinski definition) is 3. The predicted octanol–water partition coefficient (Wildman–Crippen LogP) is 5.50. The molecule has 40 heavy (non-hydrogen) atoms. The molecule has 0 amide bonds. The molecule has 1 aliphatic carbocycles. The van der Waals surface area contributed by atoms with Gasteiger partial charge in [-0.25, -0.2) is 23.4 Å². The van der Waals surface area contributed by atoms with Crippen LogP contribution in [0.5, 0.6) is 11.6 Å². The van der Waals surface area contributed by atoms with Crippen LogP contribution in [0.25, 0.3) is 22.0 Å². The van der Waals surface area contributed by atoms with Crippen LogP contribution in [-0.4, -0.2) is 48.3 Å². The van der Waals surface area contributed by atoms with Gasteiger partial charge in [0.05, 0.1) is 11.4 Å². The molecule has 0 spiro atoms. The first-order valence-corrected chi connectivity index (χ1v) is 15.4. The number of pyridine rings is 1. The third-order valence-electron chi connectivity index (χ3n) is 7.63. The normalized spacial score (nSPS) is 18.3. The summed E-state index contributed by atoms with van der Waals surface area (Å²) in [6, 6.07) is 13.6. The highest BCUT2D eigenvalue weighted by Gasteiger charge is 2.41. The molecular formula is C30H34N6O3S. The molecule has 3 heterocycles. The molecule has 1 aliphatic heterocycles. The number of hydrogen-bond acceptors (Lipinski definition) is 8. The highest BCUT2D eigenvalue weighted by atomic mass is 32.2. The van der Waals surface area contributed by atoms with Gasteiger partial charge in [-0.1, -0.05) is 31.2 Å². The number of benzene rings is 2. The molecule has 0 bridgehead atoms. The minimum Gasteiger partial charge on any atom is -0.436 e. The maximum absolute atomic E-state index is 13.0. The van der Waals surface area contributed by atoms with E-state index in [1.165, 1.54) is 0 Å². The fourth-order valence-electron chi connectivity index (χ4n) is 5.26. The summed E-state index contributed by atoms with van der Waals surface area (Å²) in [5.41, 5.74) is 2.64. The fraction of sp³-hybridized carbons (Fsp3) is 0.367. The van der Waals surface area contributed by atoms with Gasteiger partial charge in [0.1, 0.15) is 17.3 Å². The maximum atomic E-state index is 13.0. The number of aryl methyl sites for hydroxylation is 1. The Balaban J connectivity index is 1.32. The number of aromatic nitrogens is 3. The Morgan fingerprint density at radius 2 is 1.85 bits per heavy atom. The molecule has 1 saturated heterocycles. The van der Waals surface area contributed by atoms with E-state index >= 15 is 0 Å². The molecule has 9 nitrogen and oxygen atoms in total. The van der Waals surface area contributed by atoms with Gasteiger partial charge in [-0.05, 0) is 68.3 Å². The minimum atomic E-state index is -3.50. The monoisotopic (exact) mass is 558 g/mol. The zero-order chi connectivity index (χ0) is 27.7. The Labute approximate surface area is 234 Å². The lowest BCUT2D eigenvalue weighted by molar-refractivity contribution is 0.464. The Kier molecular flexibility index (Phi) is 7.06. The summed E-state index contributed by atoms with van der Waals surface area (Å²) in [7, 11) is -3.50. The predicted molar refractivity (Wildman–Crippen MR) is 158 cm³/mol. The number of sulfonamides is 1. The summed E-state index contributed by atoms with van der Waals surface area (Å²) in [6.07, 6.45) is 9.11. The molecule has 4 aromatic rings. The quantitative estimate of drug-likeness (QED) is 0.247. The second-order valence-electron chi connectivity index (χ2n) is 11.2. The van der Waals surface area contributed by atoms with Gasteiger partial charge in [-0.3, -0.25) is 4.72 Å². The van der Waals surface area contributed by atoms with Crippen LogP contribution in [0.15, 0.2) is 61.1 Å². The van der Waals surface area contributed by atoms with E-state index in [0.29, 0.717) is 29.1 Å². The van der Waals surface area contributed by atoms with Crippen LogP contribution in [-0.2, 0) is 10.0 Å². The number of nitrogens with zero attached hydrogens (tertiary/aromatic N) is 3. The van der Waals surface area contributed by atoms with Gasteiger partial charge in [0.2, 0.25) is 15.9 Å². The van der Waals surface area contributed by atoms with E-state index in [9.17, 15) is 8.42 Å². The van der Waals surface area contributed by atoms with E-state index in [1.807, 2.05) is 56.3 Å². The van der Waals surface area contributed by atoms with Crippen molar-refractivity contribution in [1.29, 1.82) is 0 Å². The van der Waals surface area contributed by atoms with Crippen LogP contribution in [0.3, 0.4) is 0 Å². The minimum absolute atomic E-state index is 0.120. The summed E-state index contributed by atoms with van der Waals surface area (Å²) in [4.78, 5) is 13.6. The number of rotatable bonds is 9. The van der Waals surface area contributed by atoms with Crippen molar-refractivity contribution in [3.63, 3.8) is 0 Å². The van der Waals surface area contributed by atoms with Crippen LogP contribution >= 0.6 is 0 Å². The highest BCUT2D eigenvalue weighted by molar-refractivity contribution is 7.92. The Hall–Kier alpha value is -3.76. The fourth-order valence-corrected chi connectivity index (χ4v) is 7.05. The molecule has 10 heteroatoms. The Bertz CT molecular complexity index is 1650. The third-order valence-corrected chi connectivity index (χ3v) is 9.24. The van der Waals surface area contributed by atoms with Gasteiger partial charge in [0, 0.05) is 47.5 Å². The van der Waals surface area contributed by atoms with Gasteiger partial charge in [-0.2, -0.15) is 0 Å². The smallest absolute Gasteiger partial charge is 0.246 e. The van der Waals surface area contributed by atoms with E-state index < -0.39 is 10.0 Å². The molecule has 1 saturated carbocycles. The SMILES string of the molecule is Cc1cc(NS(=O)(=O)CC2(C)CC2)c2ccccc2c1Oc1nccnc1-c1ccnc(NC2CCCNC2)c1. The van der Waals surface area contributed by atoms with Gasteiger partial charge in [-0.15, -0.1) is 0 Å². The average Bonchev–Trinajstić information content (AvgIpc) is 3.67. The second kappa shape index (κ2) is 10.7. The molecule has 0 radical (unpaired) electrons. The van der Waals surface area contributed by atoms with Gasteiger partial charge in [0.15, 0.2) is 0 Å². The van der Waals surface area contributed by atoms with Crippen LogP contribution in [0, 0.1) is 12.3 Å².